The molecule has 0 bridgehead atoms. The van der Waals surface area contributed by atoms with Gasteiger partial charge in [-0.3, -0.25) is 9.89 Å². The van der Waals surface area contributed by atoms with E-state index in [1.807, 2.05) is 24.3 Å². The highest BCUT2D eigenvalue weighted by molar-refractivity contribution is 7.22. The molecule has 2 aliphatic rings. The van der Waals surface area contributed by atoms with Crippen molar-refractivity contribution in [2.45, 2.75) is 18.8 Å². The van der Waals surface area contributed by atoms with Crippen LogP contribution in [0.2, 0.25) is 0 Å². The molecule has 0 atom stereocenters. The minimum absolute atomic E-state index is 0.188. The number of fused-ring (bicyclic) bond motifs is 2. The fraction of sp³-hybridized carbons (Fsp3) is 0.263. The number of nitrogens with zero attached hydrogens (tertiary/aromatic N) is 3. The molecular weight excluding hydrogens is 378 g/mol. The summed E-state index contributed by atoms with van der Waals surface area (Å²) in [7, 11) is 0. The second kappa shape index (κ2) is 5.90. The Morgan fingerprint density at radius 1 is 1.07 bits per heavy atom. The van der Waals surface area contributed by atoms with Gasteiger partial charge in [0, 0.05) is 10.8 Å². The number of hydrogen-bond acceptors (Lipinski definition) is 7. The average Bonchev–Trinajstić information content (AvgIpc) is 3.28. The molecule has 1 aliphatic carbocycles. The van der Waals surface area contributed by atoms with E-state index in [1.54, 1.807) is 0 Å². The van der Waals surface area contributed by atoms with Crippen molar-refractivity contribution < 1.29 is 9.47 Å². The first-order valence-corrected chi connectivity index (χ1v) is 9.93. The van der Waals surface area contributed by atoms with Crippen molar-refractivity contribution in [1.82, 2.24) is 25.1 Å². The standard InChI is InChI=1S/C19H15N5O3S/c25-19-15-11(20-17(22-19)18-21-16(23-24-18)9-1-2-9)8-14(28-15)10-3-4-12-13(7-10)27-6-5-26-12/h3-4,7-9H,1-2,5-6H2,(H,20,22,25)(H,21,23,24). The Balaban J connectivity index is 1.42. The minimum atomic E-state index is -0.188. The number of aromatic nitrogens is 5. The number of nitrogens with one attached hydrogen (secondary N) is 2. The summed E-state index contributed by atoms with van der Waals surface area (Å²) >= 11 is 1.40. The average molecular weight is 393 g/mol. The summed E-state index contributed by atoms with van der Waals surface area (Å²) in [6.07, 6.45) is 2.25. The summed E-state index contributed by atoms with van der Waals surface area (Å²) in [4.78, 5) is 25.4. The van der Waals surface area contributed by atoms with E-state index in [9.17, 15) is 4.79 Å². The number of H-pyrrole nitrogens is 2. The highest BCUT2D eigenvalue weighted by Crippen LogP contribution is 2.39. The van der Waals surface area contributed by atoms with Gasteiger partial charge in [0.05, 0.1) is 5.52 Å². The van der Waals surface area contributed by atoms with Crippen LogP contribution in [0.5, 0.6) is 11.5 Å². The van der Waals surface area contributed by atoms with Gasteiger partial charge in [0.15, 0.2) is 17.3 Å². The quantitative estimate of drug-likeness (QED) is 0.554. The van der Waals surface area contributed by atoms with Crippen molar-refractivity contribution in [3.05, 3.63) is 40.4 Å². The summed E-state index contributed by atoms with van der Waals surface area (Å²) in [5.74, 6) is 3.59. The molecule has 9 heteroatoms. The molecule has 0 radical (unpaired) electrons. The van der Waals surface area contributed by atoms with Gasteiger partial charge in [-0.2, -0.15) is 5.10 Å². The highest BCUT2D eigenvalue weighted by atomic mass is 32.1. The number of benzene rings is 1. The SMILES string of the molecule is O=c1[nH]c(-c2n[nH]c(C3CC3)n2)nc2cc(-c3ccc4c(c3)OCCO4)sc12. The predicted octanol–water partition coefficient (Wildman–Crippen LogP) is 3.09. The van der Waals surface area contributed by atoms with E-state index in [4.69, 9.17) is 9.47 Å². The lowest BCUT2D eigenvalue weighted by Gasteiger charge is -2.18. The van der Waals surface area contributed by atoms with E-state index in [0.29, 0.717) is 41.0 Å². The number of hydrogen-bond donors (Lipinski definition) is 2. The largest absolute Gasteiger partial charge is 0.486 e. The molecule has 28 heavy (non-hydrogen) atoms. The van der Waals surface area contributed by atoms with E-state index in [-0.39, 0.29) is 5.56 Å². The monoisotopic (exact) mass is 393 g/mol. The molecule has 4 aromatic rings. The molecule has 1 aliphatic heterocycles. The van der Waals surface area contributed by atoms with Gasteiger partial charge in [-0.15, -0.1) is 11.3 Å². The second-order valence-electron chi connectivity index (χ2n) is 6.92. The van der Waals surface area contributed by atoms with Crippen molar-refractivity contribution in [2.24, 2.45) is 0 Å². The first-order chi connectivity index (χ1) is 13.7. The lowest BCUT2D eigenvalue weighted by atomic mass is 10.1. The van der Waals surface area contributed by atoms with Crippen LogP contribution in [0.3, 0.4) is 0 Å². The number of thiophene rings is 1. The van der Waals surface area contributed by atoms with Gasteiger partial charge >= 0.3 is 0 Å². The van der Waals surface area contributed by atoms with Gasteiger partial charge in [0.1, 0.15) is 23.7 Å². The third-order valence-corrected chi connectivity index (χ3v) is 6.06. The van der Waals surface area contributed by atoms with E-state index in [0.717, 1.165) is 40.6 Å². The van der Waals surface area contributed by atoms with Crippen LogP contribution in [-0.2, 0) is 0 Å². The molecule has 4 heterocycles. The third-order valence-electron chi connectivity index (χ3n) is 4.89. The molecule has 1 aromatic carbocycles. The van der Waals surface area contributed by atoms with Crippen LogP contribution < -0.4 is 15.0 Å². The lowest BCUT2D eigenvalue weighted by Crippen LogP contribution is -2.15. The van der Waals surface area contributed by atoms with Crippen molar-refractivity contribution in [3.63, 3.8) is 0 Å². The first kappa shape index (κ1) is 15.8. The summed E-state index contributed by atoms with van der Waals surface area (Å²) in [6.45, 7) is 1.09. The smallest absolute Gasteiger partial charge is 0.269 e. The highest BCUT2D eigenvalue weighted by Gasteiger charge is 2.27. The molecule has 1 fully saturated rings. The van der Waals surface area contributed by atoms with E-state index < -0.39 is 0 Å². The van der Waals surface area contributed by atoms with Gasteiger partial charge in [-0.05, 0) is 42.7 Å². The van der Waals surface area contributed by atoms with Gasteiger partial charge in [0.2, 0.25) is 5.82 Å². The van der Waals surface area contributed by atoms with Crippen molar-refractivity contribution in [3.8, 4) is 33.6 Å². The summed E-state index contributed by atoms with van der Waals surface area (Å²) in [6, 6.07) is 7.71. The van der Waals surface area contributed by atoms with E-state index in [1.165, 1.54) is 11.3 Å². The zero-order valence-electron chi connectivity index (χ0n) is 14.7. The molecule has 0 spiro atoms. The van der Waals surface area contributed by atoms with Crippen LogP contribution in [-0.4, -0.2) is 38.4 Å². The number of aromatic amines is 2. The van der Waals surface area contributed by atoms with Crippen LogP contribution in [0.4, 0.5) is 0 Å². The zero-order chi connectivity index (χ0) is 18.7. The van der Waals surface area contributed by atoms with E-state index >= 15 is 0 Å². The topological polar surface area (TPSA) is 106 Å². The van der Waals surface area contributed by atoms with Crippen molar-refractivity contribution in [1.29, 1.82) is 0 Å². The van der Waals surface area contributed by atoms with Crippen LogP contribution in [0, 0.1) is 0 Å². The summed E-state index contributed by atoms with van der Waals surface area (Å²) in [5.41, 5.74) is 1.40. The van der Waals surface area contributed by atoms with Gasteiger partial charge in [-0.1, -0.05) is 0 Å². The zero-order valence-corrected chi connectivity index (χ0v) is 15.5. The van der Waals surface area contributed by atoms with Crippen LogP contribution in [0.1, 0.15) is 24.6 Å². The van der Waals surface area contributed by atoms with Crippen LogP contribution >= 0.6 is 11.3 Å². The van der Waals surface area contributed by atoms with Crippen molar-refractivity contribution >= 4 is 21.6 Å². The molecule has 0 unspecified atom stereocenters. The Labute approximate surface area is 162 Å². The molecule has 140 valence electrons. The maximum absolute atomic E-state index is 12.6. The molecular formula is C19H15N5O3S. The third kappa shape index (κ3) is 2.58. The molecule has 0 saturated heterocycles. The van der Waals surface area contributed by atoms with Gasteiger partial charge in [-0.25, -0.2) is 9.97 Å². The Hall–Kier alpha value is -3.20. The molecule has 3 aromatic heterocycles. The van der Waals surface area contributed by atoms with Gasteiger partial charge < -0.3 is 14.5 Å². The first-order valence-electron chi connectivity index (χ1n) is 9.11. The second-order valence-corrected chi connectivity index (χ2v) is 7.97. The minimum Gasteiger partial charge on any atom is -0.486 e. The predicted molar refractivity (Wildman–Crippen MR) is 104 cm³/mol. The number of rotatable bonds is 3. The fourth-order valence-electron chi connectivity index (χ4n) is 3.30. The van der Waals surface area contributed by atoms with Crippen LogP contribution in [0.15, 0.2) is 29.1 Å². The van der Waals surface area contributed by atoms with Gasteiger partial charge in [0.25, 0.3) is 5.56 Å². The maximum atomic E-state index is 12.6. The fourth-order valence-corrected chi connectivity index (χ4v) is 4.29. The Morgan fingerprint density at radius 3 is 2.79 bits per heavy atom. The Bertz CT molecular complexity index is 1270. The lowest BCUT2D eigenvalue weighted by molar-refractivity contribution is 0.171. The maximum Gasteiger partial charge on any atom is 0.269 e. The molecule has 0 amide bonds. The number of ether oxygens (including phenoxy) is 2. The normalized spacial score (nSPS) is 15.9. The molecule has 8 nitrogen and oxygen atoms in total. The molecule has 2 N–H and O–H groups in total. The van der Waals surface area contributed by atoms with E-state index in [2.05, 4.69) is 25.1 Å². The molecule has 6 rings (SSSR count). The summed E-state index contributed by atoms with van der Waals surface area (Å²) < 4.78 is 11.8. The molecule has 1 saturated carbocycles. The van der Waals surface area contributed by atoms with Crippen molar-refractivity contribution in [2.75, 3.05) is 13.2 Å². The summed E-state index contributed by atoms with van der Waals surface area (Å²) in [5, 5.41) is 7.16. The Kier molecular flexibility index (Phi) is 3.33. The Morgan fingerprint density at radius 2 is 1.93 bits per heavy atom. The van der Waals surface area contributed by atoms with Crippen LogP contribution in [0.25, 0.3) is 32.3 Å².